The van der Waals surface area contributed by atoms with Crippen molar-refractivity contribution in [1.29, 1.82) is 0 Å². The summed E-state index contributed by atoms with van der Waals surface area (Å²) in [7, 11) is 2.18. The van der Waals surface area contributed by atoms with Crippen LogP contribution in [0.5, 0.6) is 0 Å². The van der Waals surface area contributed by atoms with Gasteiger partial charge in [-0.25, -0.2) is 0 Å². The molecular formula is C19H33N3O. The second-order valence-corrected chi connectivity index (χ2v) is 8.52. The molecule has 1 aliphatic carbocycles. The third-order valence-electron chi connectivity index (χ3n) is 7.02. The normalized spacial score (nSPS) is 40.3. The SMILES string of the molecule is CN(CC(=O)N1CCCC2CCCCC21)C1CC2CCC(C1)N2. The molecule has 0 radical (unpaired) electrons. The summed E-state index contributed by atoms with van der Waals surface area (Å²) in [5, 5.41) is 3.71. The Kier molecular flexibility index (Phi) is 4.64. The number of nitrogens with zero attached hydrogens (tertiary/aromatic N) is 2. The minimum absolute atomic E-state index is 0.398. The third-order valence-corrected chi connectivity index (χ3v) is 7.02. The van der Waals surface area contributed by atoms with Crippen LogP contribution in [0, 0.1) is 5.92 Å². The highest BCUT2D eigenvalue weighted by molar-refractivity contribution is 5.78. The van der Waals surface area contributed by atoms with Gasteiger partial charge in [0.25, 0.3) is 0 Å². The maximum atomic E-state index is 13.0. The van der Waals surface area contributed by atoms with Crippen LogP contribution < -0.4 is 5.32 Å². The van der Waals surface area contributed by atoms with Crippen molar-refractivity contribution >= 4 is 5.91 Å². The van der Waals surface area contributed by atoms with Crippen LogP contribution in [-0.2, 0) is 4.79 Å². The third kappa shape index (κ3) is 3.30. The molecule has 3 saturated heterocycles. The Morgan fingerprint density at radius 3 is 2.52 bits per heavy atom. The first kappa shape index (κ1) is 15.9. The molecule has 1 amide bonds. The van der Waals surface area contributed by atoms with Gasteiger partial charge in [0.15, 0.2) is 0 Å². The van der Waals surface area contributed by atoms with E-state index in [1.807, 2.05) is 0 Å². The molecule has 3 aliphatic heterocycles. The highest BCUT2D eigenvalue weighted by atomic mass is 16.2. The van der Waals surface area contributed by atoms with Gasteiger partial charge in [0.1, 0.15) is 0 Å². The summed E-state index contributed by atoms with van der Waals surface area (Å²) >= 11 is 0. The Labute approximate surface area is 141 Å². The van der Waals surface area contributed by atoms with Gasteiger partial charge in [0, 0.05) is 30.7 Å². The summed E-state index contributed by atoms with van der Waals surface area (Å²) in [6.45, 7) is 1.64. The van der Waals surface area contributed by atoms with Crippen LogP contribution in [0.4, 0.5) is 0 Å². The van der Waals surface area contributed by atoms with Crippen LogP contribution in [0.15, 0.2) is 0 Å². The lowest BCUT2D eigenvalue weighted by atomic mass is 9.78. The number of nitrogens with one attached hydrogen (secondary N) is 1. The molecule has 4 aliphatic rings. The number of likely N-dealkylation sites (tertiary alicyclic amines) is 1. The van der Waals surface area contributed by atoms with Gasteiger partial charge < -0.3 is 10.2 Å². The minimum atomic E-state index is 0.398. The largest absolute Gasteiger partial charge is 0.338 e. The summed E-state index contributed by atoms with van der Waals surface area (Å²) in [4.78, 5) is 17.6. The van der Waals surface area contributed by atoms with Crippen LogP contribution in [0.3, 0.4) is 0 Å². The number of fused-ring (bicyclic) bond motifs is 3. The van der Waals surface area contributed by atoms with Crippen molar-refractivity contribution in [3.63, 3.8) is 0 Å². The summed E-state index contributed by atoms with van der Waals surface area (Å²) in [5.41, 5.74) is 0. The van der Waals surface area contributed by atoms with E-state index in [0.717, 1.165) is 12.5 Å². The van der Waals surface area contributed by atoms with Crippen LogP contribution in [0.1, 0.15) is 64.2 Å². The van der Waals surface area contributed by atoms with Crippen molar-refractivity contribution in [3.05, 3.63) is 0 Å². The van der Waals surface area contributed by atoms with Crippen LogP contribution >= 0.6 is 0 Å². The topological polar surface area (TPSA) is 35.6 Å². The van der Waals surface area contributed by atoms with E-state index in [0.29, 0.717) is 36.6 Å². The number of amides is 1. The molecule has 1 saturated carbocycles. The number of carbonyl (C=O) groups is 1. The number of piperidine rings is 2. The molecule has 2 bridgehead atoms. The smallest absolute Gasteiger partial charge is 0.237 e. The molecule has 4 atom stereocenters. The summed E-state index contributed by atoms with van der Waals surface area (Å²) in [5.74, 6) is 1.19. The number of rotatable bonds is 3. The maximum absolute atomic E-state index is 13.0. The molecule has 0 aromatic heterocycles. The number of hydrogen-bond donors (Lipinski definition) is 1. The lowest BCUT2D eigenvalue weighted by molar-refractivity contribution is -0.139. The van der Waals surface area contributed by atoms with E-state index >= 15 is 0 Å². The van der Waals surface area contributed by atoms with E-state index < -0.39 is 0 Å². The lowest BCUT2D eigenvalue weighted by Gasteiger charge is -2.45. The first-order valence-electron chi connectivity index (χ1n) is 9.96. The van der Waals surface area contributed by atoms with Crippen molar-refractivity contribution in [2.24, 2.45) is 5.92 Å². The molecule has 4 unspecified atom stereocenters. The Bertz CT molecular complexity index is 426. The second kappa shape index (κ2) is 6.72. The van der Waals surface area contributed by atoms with Gasteiger partial charge in [-0.15, -0.1) is 0 Å². The fourth-order valence-electron chi connectivity index (χ4n) is 5.75. The van der Waals surface area contributed by atoms with Gasteiger partial charge in [0.05, 0.1) is 6.54 Å². The molecule has 0 aromatic carbocycles. The molecule has 4 fully saturated rings. The molecule has 4 nitrogen and oxygen atoms in total. The van der Waals surface area contributed by atoms with Crippen molar-refractivity contribution < 1.29 is 4.79 Å². The average molecular weight is 319 g/mol. The zero-order chi connectivity index (χ0) is 15.8. The predicted octanol–water partition coefficient (Wildman–Crippen LogP) is 2.38. The first-order valence-corrected chi connectivity index (χ1v) is 9.96. The summed E-state index contributed by atoms with van der Waals surface area (Å²) in [6, 6.07) is 2.57. The van der Waals surface area contributed by atoms with Gasteiger partial charge in [-0.2, -0.15) is 0 Å². The minimum Gasteiger partial charge on any atom is -0.338 e. The molecular weight excluding hydrogens is 286 g/mol. The van der Waals surface area contributed by atoms with Gasteiger partial charge in [0.2, 0.25) is 5.91 Å². The predicted molar refractivity (Wildman–Crippen MR) is 92.3 cm³/mol. The Hall–Kier alpha value is -0.610. The van der Waals surface area contributed by atoms with Gasteiger partial charge in [-0.3, -0.25) is 9.69 Å². The highest BCUT2D eigenvalue weighted by Crippen LogP contribution is 2.35. The van der Waals surface area contributed by atoms with E-state index in [9.17, 15) is 4.79 Å². The maximum Gasteiger partial charge on any atom is 0.237 e. The van der Waals surface area contributed by atoms with Crippen molar-refractivity contribution in [3.8, 4) is 0 Å². The van der Waals surface area contributed by atoms with E-state index in [4.69, 9.17) is 0 Å². The number of likely N-dealkylation sites (N-methyl/N-ethyl adjacent to an activating group) is 1. The zero-order valence-electron chi connectivity index (χ0n) is 14.7. The standard InChI is InChI=1S/C19H33N3O/c1-21(17-11-15-8-9-16(12-17)20-15)13-19(23)22-10-4-6-14-5-2-3-7-18(14)22/h14-18,20H,2-13H2,1H3. The van der Waals surface area contributed by atoms with Crippen molar-refractivity contribution in [2.75, 3.05) is 20.1 Å². The van der Waals surface area contributed by atoms with Crippen molar-refractivity contribution in [2.45, 2.75) is 88.4 Å². The molecule has 1 N–H and O–H groups in total. The quantitative estimate of drug-likeness (QED) is 0.867. The van der Waals surface area contributed by atoms with Crippen molar-refractivity contribution in [1.82, 2.24) is 15.1 Å². The molecule has 130 valence electrons. The molecule has 4 rings (SSSR count). The fraction of sp³-hybridized carbons (Fsp3) is 0.947. The molecule has 3 heterocycles. The zero-order valence-corrected chi connectivity index (χ0v) is 14.7. The Morgan fingerprint density at radius 1 is 1.04 bits per heavy atom. The number of hydrogen-bond acceptors (Lipinski definition) is 3. The molecule has 0 aromatic rings. The first-order chi connectivity index (χ1) is 11.2. The summed E-state index contributed by atoms with van der Waals surface area (Å²) in [6.07, 6.45) is 13.0. The van der Waals surface area contributed by atoms with Gasteiger partial charge in [-0.1, -0.05) is 12.8 Å². The van der Waals surface area contributed by atoms with E-state index in [1.165, 1.54) is 64.2 Å². The fourth-order valence-corrected chi connectivity index (χ4v) is 5.75. The monoisotopic (exact) mass is 319 g/mol. The average Bonchev–Trinajstić information content (AvgIpc) is 2.92. The molecule has 4 heteroatoms. The van der Waals surface area contributed by atoms with E-state index in [1.54, 1.807) is 0 Å². The second-order valence-electron chi connectivity index (χ2n) is 8.52. The Morgan fingerprint density at radius 2 is 1.74 bits per heavy atom. The van der Waals surface area contributed by atoms with Crippen LogP contribution in [0.2, 0.25) is 0 Å². The summed E-state index contributed by atoms with van der Waals surface area (Å²) < 4.78 is 0. The highest BCUT2D eigenvalue weighted by Gasteiger charge is 2.38. The van der Waals surface area contributed by atoms with Crippen LogP contribution in [-0.4, -0.2) is 60.0 Å². The van der Waals surface area contributed by atoms with Gasteiger partial charge in [-0.05, 0) is 64.3 Å². The van der Waals surface area contributed by atoms with Crippen LogP contribution in [0.25, 0.3) is 0 Å². The van der Waals surface area contributed by atoms with Gasteiger partial charge >= 0.3 is 0 Å². The Balaban J connectivity index is 1.35. The lowest BCUT2D eigenvalue weighted by Crippen LogP contribution is -2.54. The molecule has 23 heavy (non-hydrogen) atoms. The van der Waals surface area contributed by atoms with E-state index in [-0.39, 0.29) is 0 Å². The molecule has 0 spiro atoms. The van der Waals surface area contributed by atoms with E-state index in [2.05, 4.69) is 22.2 Å². The number of carbonyl (C=O) groups excluding carboxylic acids is 1.